The first-order chi connectivity index (χ1) is 9.82. The predicted octanol–water partition coefficient (Wildman–Crippen LogP) is 3.11. The van der Waals surface area contributed by atoms with E-state index < -0.39 is 0 Å². The first-order valence-corrected chi connectivity index (χ1v) is 7.78. The topological polar surface area (TPSA) is 38.5 Å². The molecule has 0 saturated carbocycles. The van der Waals surface area contributed by atoms with Crippen LogP contribution in [0.1, 0.15) is 39.7 Å². The van der Waals surface area contributed by atoms with Crippen LogP contribution in [0.2, 0.25) is 0 Å². The van der Waals surface area contributed by atoms with E-state index in [9.17, 15) is 4.39 Å². The van der Waals surface area contributed by atoms with Crippen molar-refractivity contribution in [2.24, 2.45) is 5.73 Å². The predicted molar refractivity (Wildman–Crippen MR) is 85.2 cm³/mol. The molecule has 0 aromatic heterocycles. The molecule has 2 atom stereocenters. The molecule has 1 heterocycles. The molecule has 1 aliphatic heterocycles. The van der Waals surface area contributed by atoms with Crippen molar-refractivity contribution in [1.29, 1.82) is 0 Å². The molecule has 1 aromatic rings. The summed E-state index contributed by atoms with van der Waals surface area (Å²) in [5, 5.41) is 0. The Morgan fingerprint density at radius 2 is 2.19 bits per heavy atom. The number of halogens is 1. The number of ether oxygens (including phenoxy) is 1. The zero-order valence-corrected chi connectivity index (χ0v) is 13.5. The first-order valence-electron chi connectivity index (χ1n) is 7.78. The average Bonchev–Trinajstić information content (AvgIpc) is 2.38. The zero-order chi connectivity index (χ0) is 15.6. The van der Waals surface area contributed by atoms with Gasteiger partial charge in [-0.2, -0.15) is 0 Å². The van der Waals surface area contributed by atoms with Gasteiger partial charge in [-0.3, -0.25) is 0 Å². The summed E-state index contributed by atoms with van der Waals surface area (Å²) in [5.41, 5.74) is 7.51. The number of nitrogens with zero attached hydrogens (tertiary/aromatic N) is 1. The molecule has 4 heteroatoms. The van der Waals surface area contributed by atoms with Crippen LogP contribution < -0.4 is 10.6 Å². The highest BCUT2D eigenvalue weighted by Crippen LogP contribution is 2.30. The van der Waals surface area contributed by atoms with Crippen LogP contribution in [0.4, 0.5) is 10.1 Å². The summed E-state index contributed by atoms with van der Waals surface area (Å²) in [6.45, 7) is 9.78. The second-order valence-corrected chi connectivity index (χ2v) is 6.68. The highest BCUT2D eigenvalue weighted by Gasteiger charge is 2.32. The van der Waals surface area contributed by atoms with E-state index in [1.54, 1.807) is 6.07 Å². The number of anilines is 1. The van der Waals surface area contributed by atoms with E-state index in [-0.39, 0.29) is 23.6 Å². The highest BCUT2D eigenvalue weighted by molar-refractivity contribution is 5.55. The van der Waals surface area contributed by atoms with Gasteiger partial charge in [-0.15, -0.1) is 0 Å². The molecule has 21 heavy (non-hydrogen) atoms. The van der Waals surface area contributed by atoms with Crippen molar-refractivity contribution in [1.82, 2.24) is 0 Å². The first kappa shape index (κ1) is 16.2. The van der Waals surface area contributed by atoms with Gasteiger partial charge in [-0.25, -0.2) is 4.39 Å². The summed E-state index contributed by atoms with van der Waals surface area (Å²) in [4.78, 5) is 2.23. The summed E-state index contributed by atoms with van der Waals surface area (Å²) >= 11 is 0. The van der Waals surface area contributed by atoms with Crippen molar-refractivity contribution in [3.05, 3.63) is 29.6 Å². The molecule has 2 unspecified atom stereocenters. The second kappa shape index (κ2) is 6.32. The standard InChI is InChI=1S/C17H27FN2O/c1-5-13(19)9-14-15(18)7-6-8-16(14)20-10-12(2)21-17(3,4)11-20/h6-8,12-13H,5,9-11,19H2,1-4H3. The van der Waals surface area contributed by atoms with Gasteiger partial charge >= 0.3 is 0 Å². The fourth-order valence-corrected chi connectivity index (χ4v) is 3.09. The molecule has 0 radical (unpaired) electrons. The van der Waals surface area contributed by atoms with E-state index >= 15 is 0 Å². The molecule has 1 fully saturated rings. The van der Waals surface area contributed by atoms with Crippen molar-refractivity contribution in [2.45, 2.75) is 58.3 Å². The Kier molecular flexibility index (Phi) is 4.89. The van der Waals surface area contributed by atoms with Gasteiger partial charge < -0.3 is 15.4 Å². The van der Waals surface area contributed by atoms with Crippen molar-refractivity contribution >= 4 is 5.69 Å². The Labute approximate surface area is 127 Å². The van der Waals surface area contributed by atoms with E-state index in [0.29, 0.717) is 6.42 Å². The Morgan fingerprint density at radius 3 is 2.81 bits per heavy atom. The van der Waals surface area contributed by atoms with E-state index in [0.717, 1.165) is 30.8 Å². The number of rotatable bonds is 4. The number of morpholine rings is 1. The molecule has 1 aromatic carbocycles. The molecule has 0 amide bonds. The van der Waals surface area contributed by atoms with E-state index in [2.05, 4.69) is 25.7 Å². The largest absolute Gasteiger partial charge is 0.369 e. The molecule has 0 spiro atoms. The number of benzene rings is 1. The quantitative estimate of drug-likeness (QED) is 0.927. The molecular weight excluding hydrogens is 267 g/mol. The van der Waals surface area contributed by atoms with Crippen LogP contribution in [0.25, 0.3) is 0 Å². The van der Waals surface area contributed by atoms with Crippen LogP contribution in [0, 0.1) is 5.82 Å². The smallest absolute Gasteiger partial charge is 0.128 e. The van der Waals surface area contributed by atoms with Crippen LogP contribution in [0.5, 0.6) is 0 Å². The highest BCUT2D eigenvalue weighted by atomic mass is 19.1. The van der Waals surface area contributed by atoms with Crippen LogP contribution in [0.3, 0.4) is 0 Å². The molecule has 2 rings (SSSR count). The lowest BCUT2D eigenvalue weighted by atomic mass is 9.99. The molecule has 1 saturated heterocycles. The minimum Gasteiger partial charge on any atom is -0.369 e. The fraction of sp³-hybridized carbons (Fsp3) is 0.647. The summed E-state index contributed by atoms with van der Waals surface area (Å²) in [7, 11) is 0. The molecule has 118 valence electrons. The third-order valence-electron chi connectivity index (χ3n) is 3.99. The van der Waals surface area contributed by atoms with E-state index in [1.807, 2.05) is 13.0 Å². The van der Waals surface area contributed by atoms with Crippen LogP contribution in [-0.4, -0.2) is 30.8 Å². The molecule has 0 bridgehead atoms. The Hall–Kier alpha value is -1.13. The molecule has 0 aliphatic carbocycles. The molecule has 3 nitrogen and oxygen atoms in total. The summed E-state index contributed by atoms with van der Waals surface area (Å²) < 4.78 is 20.2. The maximum atomic E-state index is 14.3. The van der Waals surface area contributed by atoms with Crippen molar-refractivity contribution < 1.29 is 9.13 Å². The Balaban J connectivity index is 2.32. The summed E-state index contributed by atoms with van der Waals surface area (Å²) in [5.74, 6) is -0.159. The van der Waals surface area contributed by atoms with Gasteiger partial charge in [0, 0.05) is 30.4 Å². The third-order valence-corrected chi connectivity index (χ3v) is 3.99. The lowest BCUT2D eigenvalue weighted by Crippen LogP contribution is -2.52. The molecule has 2 N–H and O–H groups in total. The fourth-order valence-electron chi connectivity index (χ4n) is 3.09. The van der Waals surface area contributed by atoms with Gasteiger partial charge in [0.1, 0.15) is 5.82 Å². The summed E-state index contributed by atoms with van der Waals surface area (Å²) in [6, 6.07) is 5.29. The van der Waals surface area contributed by atoms with Gasteiger partial charge in [-0.1, -0.05) is 13.0 Å². The van der Waals surface area contributed by atoms with Crippen LogP contribution in [-0.2, 0) is 11.2 Å². The average molecular weight is 294 g/mol. The lowest BCUT2D eigenvalue weighted by molar-refractivity contribution is -0.0750. The van der Waals surface area contributed by atoms with Crippen molar-refractivity contribution in [3.63, 3.8) is 0 Å². The van der Waals surface area contributed by atoms with Gasteiger partial charge in [0.05, 0.1) is 11.7 Å². The van der Waals surface area contributed by atoms with E-state index in [4.69, 9.17) is 10.5 Å². The van der Waals surface area contributed by atoms with Gasteiger partial charge in [-0.05, 0) is 45.7 Å². The number of hydrogen-bond donors (Lipinski definition) is 1. The van der Waals surface area contributed by atoms with Crippen LogP contribution >= 0.6 is 0 Å². The summed E-state index contributed by atoms with van der Waals surface area (Å²) in [6.07, 6.45) is 1.55. The Bertz CT molecular complexity index is 490. The monoisotopic (exact) mass is 294 g/mol. The molecule has 1 aliphatic rings. The third kappa shape index (κ3) is 3.95. The van der Waals surface area contributed by atoms with Gasteiger partial charge in [0.25, 0.3) is 0 Å². The second-order valence-electron chi connectivity index (χ2n) is 6.68. The normalized spacial score (nSPS) is 23.1. The van der Waals surface area contributed by atoms with Crippen molar-refractivity contribution in [2.75, 3.05) is 18.0 Å². The SMILES string of the molecule is CCC(N)Cc1c(F)cccc1N1CC(C)OC(C)(C)C1. The maximum Gasteiger partial charge on any atom is 0.128 e. The van der Waals surface area contributed by atoms with Crippen molar-refractivity contribution in [3.8, 4) is 0 Å². The minimum atomic E-state index is -0.228. The Morgan fingerprint density at radius 1 is 1.48 bits per heavy atom. The van der Waals surface area contributed by atoms with E-state index in [1.165, 1.54) is 6.07 Å². The van der Waals surface area contributed by atoms with Gasteiger partial charge in [0.15, 0.2) is 0 Å². The maximum absolute atomic E-state index is 14.3. The number of hydrogen-bond acceptors (Lipinski definition) is 3. The minimum absolute atomic E-state index is 0.00729. The zero-order valence-electron chi connectivity index (χ0n) is 13.5. The lowest BCUT2D eigenvalue weighted by Gasteiger charge is -2.43. The number of nitrogens with two attached hydrogens (primary N) is 1. The molecular formula is C17H27FN2O. The van der Waals surface area contributed by atoms with Gasteiger partial charge in [0.2, 0.25) is 0 Å². The van der Waals surface area contributed by atoms with Crippen LogP contribution in [0.15, 0.2) is 18.2 Å².